The predicted molar refractivity (Wildman–Crippen MR) is 96.6 cm³/mol. The summed E-state index contributed by atoms with van der Waals surface area (Å²) in [5.74, 6) is -2.35. The van der Waals surface area contributed by atoms with Gasteiger partial charge in [0.15, 0.2) is 0 Å². The molecule has 0 aliphatic carbocycles. The molecule has 5 nitrogen and oxygen atoms in total. The summed E-state index contributed by atoms with van der Waals surface area (Å²) < 4.78 is 38.2. The van der Waals surface area contributed by atoms with Crippen molar-refractivity contribution in [2.45, 2.75) is 19.5 Å². The summed E-state index contributed by atoms with van der Waals surface area (Å²) in [6.45, 7) is 2.01. The van der Waals surface area contributed by atoms with Crippen LogP contribution in [0.1, 0.15) is 23.6 Å². The fraction of sp³-hybridized carbons (Fsp3) is 0.167. The molecule has 9 heteroatoms. The highest BCUT2D eigenvalue weighted by Crippen LogP contribution is 2.33. The van der Waals surface area contributed by atoms with E-state index < -0.39 is 23.6 Å². The SMILES string of the molecule is CCc1ccc(/C=N/NC(=O)C(=O)Nc2cc(C(F)(F)F)ccc2Cl)cc1. The molecule has 2 rings (SSSR count). The van der Waals surface area contributed by atoms with E-state index in [0.717, 1.165) is 24.1 Å². The summed E-state index contributed by atoms with van der Waals surface area (Å²) in [5.41, 5.74) is 2.50. The first-order chi connectivity index (χ1) is 12.7. The predicted octanol–water partition coefficient (Wildman–Crippen LogP) is 4.01. The van der Waals surface area contributed by atoms with Gasteiger partial charge in [0.1, 0.15) is 0 Å². The lowest BCUT2D eigenvalue weighted by molar-refractivity contribution is -0.137. The molecule has 0 unspecified atom stereocenters. The second-order valence-corrected chi connectivity index (χ2v) is 5.85. The highest BCUT2D eigenvalue weighted by atomic mass is 35.5. The van der Waals surface area contributed by atoms with Gasteiger partial charge in [0, 0.05) is 0 Å². The minimum atomic E-state index is -4.61. The van der Waals surface area contributed by atoms with Crippen molar-refractivity contribution in [3.05, 3.63) is 64.2 Å². The van der Waals surface area contributed by atoms with Crippen LogP contribution >= 0.6 is 11.6 Å². The molecule has 142 valence electrons. The Hall–Kier alpha value is -2.87. The van der Waals surface area contributed by atoms with Crippen molar-refractivity contribution in [2.75, 3.05) is 5.32 Å². The number of hydrazone groups is 1. The fourth-order valence-corrected chi connectivity index (χ4v) is 2.20. The minimum Gasteiger partial charge on any atom is -0.316 e. The van der Waals surface area contributed by atoms with Crippen molar-refractivity contribution >= 4 is 35.3 Å². The van der Waals surface area contributed by atoms with Crippen LogP contribution in [0.5, 0.6) is 0 Å². The Morgan fingerprint density at radius 3 is 2.37 bits per heavy atom. The molecule has 0 fully saturated rings. The second-order valence-electron chi connectivity index (χ2n) is 5.44. The van der Waals surface area contributed by atoms with Crippen LogP contribution in [-0.2, 0) is 22.2 Å². The molecule has 0 heterocycles. The van der Waals surface area contributed by atoms with Crippen LogP contribution in [0.3, 0.4) is 0 Å². The number of amides is 2. The summed E-state index contributed by atoms with van der Waals surface area (Å²) >= 11 is 5.76. The third-order valence-corrected chi connectivity index (χ3v) is 3.85. The van der Waals surface area contributed by atoms with Gasteiger partial charge in [-0.2, -0.15) is 18.3 Å². The van der Waals surface area contributed by atoms with Gasteiger partial charge in [-0.05, 0) is 35.7 Å². The number of aryl methyl sites for hydroxylation is 1. The van der Waals surface area contributed by atoms with E-state index in [-0.39, 0.29) is 10.7 Å². The topological polar surface area (TPSA) is 70.6 Å². The van der Waals surface area contributed by atoms with Gasteiger partial charge < -0.3 is 5.32 Å². The van der Waals surface area contributed by atoms with E-state index in [1.165, 1.54) is 6.21 Å². The first kappa shape index (κ1) is 20.4. The highest BCUT2D eigenvalue weighted by molar-refractivity contribution is 6.41. The Labute approximate surface area is 158 Å². The van der Waals surface area contributed by atoms with Crippen LogP contribution in [0.15, 0.2) is 47.6 Å². The van der Waals surface area contributed by atoms with Crippen LogP contribution in [0.25, 0.3) is 0 Å². The number of carbonyl (C=O) groups is 2. The molecule has 27 heavy (non-hydrogen) atoms. The number of nitrogens with zero attached hydrogens (tertiary/aromatic N) is 1. The molecule has 0 atom stereocenters. The van der Waals surface area contributed by atoms with Crippen molar-refractivity contribution in [3.8, 4) is 0 Å². The quantitative estimate of drug-likeness (QED) is 0.465. The summed E-state index contributed by atoms with van der Waals surface area (Å²) in [6, 6.07) is 9.76. The standard InChI is InChI=1S/C18H15ClF3N3O2/c1-2-11-3-5-12(6-4-11)10-23-25-17(27)16(26)24-15-9-13(18(20,21)22)7-8-14(15)19/h3-10H,2H2,1H3,(H,24,26)(H,25,27)/b23-10+. The first-order valence-corrected chi connectivity index (χ1v) is 8.18. The van der Waals surface area contributed by atoms with Crippen LogP contribution in [0, 0.1) is 0 Å². The van der Waals surface area contributed by atoms with Gasteiger partial charge in [0.05, 0.1) is 22.5 Å². The molecule has 2 amide bonds. The van der Waals surface area contributed by atoms with E-state index in [4.69, 9.17) is 11.6 Å². The van der Waals surface area contributed by atoms with E-state index in [0.29, 0.717) is 11.6 Å². The maximum atomic E-state index is 12.7. The van der Waals surface area contributed by atoms with Gasteiger partial charge in [0.25, 0.3) is 0 Å². The van der Waals surface area contributed by atoms with Gasteiger partial charge in [-0.15, -0.1) is 0 Å². The number of hydrogen-bond acceptors (Lipinski definition) is 3. The Balaban J connectivity index is 1.99. The molecule has 0 aliphatic rings. The number of rotatable bonds is 4. The normalized spacial score (nSPS) is 11.4. The molecule has 2 aromatic carbocycles. The molecular weight excluding hydrogens is 383 g/mol. The van der Waals surface area contributed by atoms with Gasteiger partial charge in [-0.1, -0.05) is 42.8 Å². The lowest BCUT2D eigenvalue weighted by atomic mass is 10.1. The van der Waals surface area contributed by atoms with Gasteiger partial charge >= 0.3 is 18.0 Å². The summed E-state index contributed by atoms with van der Waals surface area (Å²) in [5, 5.41) is 5.53. The van der Waals surface area contributed by atoms with Crippen LogP contribution < -0.4 is 10.7 Å². The van der Waals surface area contributed by atoms with Gasteiger partial charge in [0.2, 0.25) is 0 Å². The zero-order valence-electron chi connectivity index (χ0n) is 14.1. The molecule has 2 N–H and O–H groups in total. The average Bonchev–Trinajstić information content (AvgIpc) is 2.63. The number of nitrogens with one attached hydrogen (secondary N) is 2. The number of carbonyl (C=O) groups excluding carboxylic acids is 2. The zero-order chi connectivity index (χ0) is 20.0. The summed E-state index contributed by atoms with van der Waals surface area (Å²) in [7, 11) is 0. The second kappa shape index (κ2) is 8.68. The molecule has 0 radical (unpaired) electrons. The largest absolute Gasteiger partial charge is 0.416 e. The van der Waals surface area contributed by atoms with Gasteiger partial charge in [-0.3, -0.25) is 9.59 Å². The number of halogens is 4. The number of anilines is 1. The third-order valence-electron chi connectivity index (χ3n) is 3.52. The maximum Gasteiger partial charge on any atom is 0.416 e. The van der Waals surface area contributed by atoms with E-state index >= 15 is 0 Å². The molecular formula is C18H15ClF3N3O2. The lowest BCUT2D eigenvalue weighted by Crippen LogP contribution is -2.32. The van der Waals surface area contributed by atoms with E-state index in [2.05, 4.69) is 5.10 Å². The lowest BCUT2D eigenvalue weighted by Gasteiger charge is -2.11. The van der Waals surface area contributed by atoms with Crippen molar-refractivity contribution in [1.82, 2.24) is 5.43 Å². The Kier molecular flexibility index (Phi) is 6.57. The van der Waals surface area contributed by atoms with Crippen molar-refractivity contribution in [1.29, 1.82) is 0 Å². The number of alkyl halides is 3. The molecule has 0 saturated carbocycles. The van der Waals surface area contributed by atoms with Crippen LogP contribution in [-0.4, -0.2) is 18.0 Å². The van der Waals surface area contributed by atoms with E-state index in [1.807, 2.05) is 29.8 Å². The highest BCUT2D eigenvalue weighted by Gasteiger charge is 2.31. The third kappa shape index (κ3) is 5.82. The molecule has 0 saturated heterocycles. The maximum absolute atomic E-state index is 12.7. The fourth-order valence-electron chi connectivity index (χ4n) is 2.03. The average molecular weight is 398 g/mol. The Morgan fingerprint density at radius 2 is 1.78 bits per heavy atom. The molecule has 2 aromatic rings. The first-order valence-electron chi connectivity index (χ1n) is 7.80. The van der Waals surface area contributed by atoms with Crippen LogP contribution in [0.4, 0.5) is 18.9 Å². The van der Waals surface area contributed by atoms with Gasteiger partial charge in [-0.25, -0.2) is 5.43 Å². The number of hydrogen-bond donors (Lipinski definition) is 2. The minimum absolute atomic E-state index is 0.135. The summed E-state index contributed by atoms with van der Waals surface area (Å²) in [6.07, 6.45) is -2.39. The Morgan fingerprint density at radius 1 is 1.11 bits per heavy atom. The van der Waals surface area contributed by atoms with Crippen molar-refractivity contribution in [3.63, 3.8) is 0 Å². The molecule has 0 aliphatic heterocycles. The monoisotopic (exact) mass is 397 g/mol. The van der Waals surface area contributed by atoms with Crippen molar-refractivity contribution in [2.24, 2.45) is 5.10 Å². The molecule has 0 aromatic heterocycles. The zero-order valence-corrected chi connectivity index (χ0v) is 14.9. The molecule has 0 bridgehead atoms. The smallest absolute Gasteiger partial charge is 0.316 e. The number of benzene rings is 2. The Bertz CT molecular complexity index is 865. The summed E-state index contributed by atoms with van der Waals surface area (Å²) in [4.78, 5) is 23.5. The van der Waals surface area contributed by atoms with E-state index in [9.17, 15) is 22.8 Å². The van der Waals surface area contributed by atoms with Crippen molar-refractivity contribution < 1.29 is 22.8 Å². The molecule has 0 spiro atoms. The van der Waals surface area contributed by atoms with Crippen LogP contribution in [0.2, 0.25) is 5.02 Å². The van der Waals surface area contributed by atoms with E-state index in [1.54, 1.807) is 12.1 Å².